The fourth-order valence-corrected chi connectivity index (χ4v) is 2.09. The molecule has 0 aliphatic carbocycles. The fourth-order valence-electron chi connectivity index (χ4n) is 1.73. The quantitative estimate of drug-likeness (QED) is 0.690. The zero-order chi connectivity index (χ0) is 11.3. The topological polar surface area (TPSA) is 76.0 Å². The van der Waals surface area contributed by atoms with Gasteiger partial charge in [0.05, 0.1) is 18.8 Å². The van der Waals surface area contributed by atoms with E-state index in [1.54, 1.807) is 0 Å². The third-order valence-electron chi connectivity index (χ3n) is 2.50. The summed E-state index contributed by atoms with van der Waals surface area (Å²) in [5.41, 5.74) is 0. The Morgan fingerprint density at radius 2 is 2.07 bits per heavy atom. The molecular formula is C9H19O5P. The first-order valence-corrected chi connectivity index (χ1v) is 6.90. The summed E-state index contributed by atoms with van der Waals surface area (Å²) in [6.45, 7) is 2.12. The molecule has 6 heteroatoms. The van der Waals surface area contributed by atoms with Crippen molar-refractivity contribution in [1.29, 1.82) is 0 Å². The van der Waals surface area contributed by atoms with Crippen LogP contribution in [0.15, 0.2) is 0 Å². The Labute approximate surface area is 90.0 Å². The summed E-state index contributed by atoms with van der Waals surface area (Å²) < 4.78 is 20.5. The molecule has 0 aromatic heterocycles. The Morgan fingerprint density at radius 1 is 1.40 bits per heavy atom. The third-order valence-corrected chi connectivity index (χ3v) is 2.99. The van der Waals surface area contributed by atoms with Crippen LogP contribution in [0.25, 0.3) is 0 Å². The van der Waals surface area contributed by atoms with Gasteiger partial charge in [-0.2, -0.15) is 0 Å². The predicted octanol–water partition coefficient (Wildman–Crippen LogP) is 1.83. The van der Waals surface area contributed by atoms with Crippen LogP contribution in [0.3, 0.4) is 0 Å². The average Bonchev–Trinajstić information content (AvgIpc) is 2.58. The lowest BCUT2D eigenvalue weighted by molar-refractivity contribution is 0.00707. The molecular weight excluding hydrogens is 219 g/mol. The van der Waals surface area contributed by atoms with Crippen LogP contribution in [0, 0.1) is 0 Å². The minimum absolute atomic E-state index is 0.00704. The average molecular weight is 238 g/mol. The molecule has 1 heterocycles. The highest BCUT2D eigenvalue weighted by molar-refractivity contribution is 7.46. The SMILES string of the molecule is CCCC[C@H]1CCC(COP(=O)(O)O)O1. The maximum absolute atomic E-state index is 10.5. The van der Waals surface area contributed by atoms with Gasteiger partial charge in [-0.15, -0.1) is 0 Å². The van der Waals surface area contributed by atoms with Crippen molar-refractivity contribution >= 4 is 7.82 Å². The summed E-state index contributed by atoms with van der Waals surface area (Å²) in [7, 11) is -4.34. The predicted molar refractivity (Wildman–Crippen MR) is 55.4 cm³/mol. The second-order valence-electron chi connectivity index (χ2n) is 3.89. The van der Waals surface area contributed by atoms with Crippen LogP contribution in [0.5, 0.6) is 0 Å². The Hall–Kier alpha value is 0.0700. The molecule has 1 saturated heterocycles. The summed E-state index contributed by atoms with van der Waals surface area (Å²) in [5, 5.41) is 0. The van der Waals surface area contributed by atoms with Gasteiger partial charge in [0, 0.05) is 0 Å². The first-order valence-electron chi connectivity index (χ1n) is 5.37. The summed E-state index contributed by atoms with van der Waals surface area (Å²) >= 11 is 0. The lowest BCUT2D eigenvalue weighted by atomic mass is 10.1. The Morgan fingerprint density at radius 3 is 2.67 bits per heavy atom. The van der Waals surface area contributed by atoms with Crippen LogP contribution in [0.4, 0.5) is 0 Å². The molecule has 1 aliphatic heterocycles. The molecule has 1 rings (SSSR count). The molecule has 0 spiro atoms. The summed E-state index contributed by atoms with van der Waals surface area (Å²) in [6, 6.07) is 0. The van der Waals surface area contributed by atoms with Crippen molar-refractivity contribution in [3.8, 4) is 0 Å². The summed E-state index contributed by atoms with van der Waals surface area (Å²) in [6.07, 6.45) is 5.20. The fraction of sp³-hybridized carbons (Fsp3) is 1.00. The number of phosphoric ester groups is 1. The van der Waals surface area contributed by atoms with Crippen molar-refractivity contribution in [2.75, 3.05) is 6.61 Å². The molecule has 90 valence electrons. The molecule has 15 heavy (non-hydrogen) atoms. The largest absolute Gasteiger partial charge is 0.469 e. The maximum Gasteiger partial charge on any atom is 0.469 e. The van der Waals surface area contributed by atoms with Crippen molar-refractivity contribution in [2.24, 2.45) is 0 Å². The van der Waals surface area contributed by atoms with E-state index >= 15 is 0 Å². The molecule has 2 atom stereocenters. The van der Waals surface area contributed by atoms with E-state index in [9.17, 15) is 4.57 Å². The van der Waals surface area contributed by atoms with Crippen LogP contribution >= 0.6 is 7.82 Å². The minimum atomic E-state index is -4.34. The molecule has 2 N–H and O–H groups in total. The van der Waals surface area contributed by atoms with Gasteiger partial charge in [-0.1, -0.05) is 19.8 Å². The van der Waals surface area contributed by atoms with E-state index in [2.05, 4.69) is 11.4 Å². The molecule has 1 aliphatic rings. The number of rotatable bonds is 6. The highest BCUT2D eigenvalue weighted by atomic mass is 31.2. The second-order valence-corrected chi connectivity index (χ2v) is 5.13. The van der Waals surface area contributed by atoms with Gasteiger partial charge >= 0.3 is 7.82 Å². The first kappa shape index (κ1) is 13.1. The van der Waals surface area contributed by atoms with Gasteiger partial charge in [0.15, 0.2) is 0 Å². The van der Waals surface area contributed by atoms with Gasteiger partial charge < -0.3 is 14.5 Å². The molecule has 0 aromatic carbocycles. The van der Waals surface area contributed by atoms with Crippen LogP contribution < -0.4 is 0 Å². The van der Waals surface area contributed by atoms with Crippen molar-refractivity contribution in [2.45, 2.75) is 51.2 Å². The van der Waals surface area contributed by atoms with Gasteiger partial charge in [0.1, 0.15) is 0 Å². The van der Waals surface area contributed by atoms with Crippen LogP contribution in [-0.4, -0.2) is 28.6 Å². The highest BCUT2D eigenvalue weighted by Gasteiger charge is 2.27. The number of unbranched alkanes of at least 4 members (excludes halogenated alkanes) is 1. The molecule has 0 amide bonds. The third kappa shape index (κ3) is 5.64. The van der Waals surface area contributed by atoms with Crippen LogP contribution in [-0.2, 0) is 13.8 Å². The number of hydrogen-bond acceptors (Lipinski definition) is 3. The van der Waals surface area contributed by atoms with Crippen LogP contribution in [0.1, 0.15) is 39.0 Å². The zero-order valence-corrected chi connectivity index (χ0v) is 9.86. The molecule has 1 fully saturated rings. The van der Waals surface area contributed by atoms with E-state index in [4.69, 9.17) is 14.5 Å². The number of phosphoric acid groups is 1. The number of hydrogen-bond donors (Lipinski definition) is 2. The van der Waals surface area contributed by atoms with Gasteiger partial charge in [-0.25, -0.2) is 4.57 Å². The zero-order valence-electron chi connectivity index (χ0n) is 8.96. The Kier molecular flexibility index (Phi) is 5.23. The number of ether oxygens (including phenoxy) is 1. The first-order chi connectivity index (χ1) is 7.01. The monoisotopic (exact) mass is 238 g/mol. The van der Waals surface area contributed by atoms with Crippen molar-refractivity contribution < 1.29 is 23.6 Å². The Balaban J connectivity index is 2.16. The van der Waals surface area contributed by atoms with Gasteiger partial charge in [-0.05, 0) is 19.3 Å². The van der Waals surface area contributed by atoms with Crippen molar-refractivity contribution in [3.63, 3.8) is 0 Å². The normalized spacial score (nSPS) is 27.1. The molecule has 1 unspecified atom stereocenters. The van der Waals surface area contributed by atoms with Gasteiger partial charge in [-0.3, -0.25) is 4.52 Å². The molecule has 5 nitrogen and oxygen atoms in total. The van der Waals surface area contributed by atoms with Crippen molar-refractivity contribution in [1.82, 2.24) is 0 Å². The van der Waals surface area contributed by atoms with Crippen LogP contribution in [0.2, 0.25) is 0 Å². The smallest absolute Gasteiger partial charge is 0.373 e. The molecule has 0 radical (unpaired) electrons. The lowest BCUT2D eigenvalue weighted by Gasteiger charge is -2.13. The second kappa shape index (κ2) is 5.97. The highest BCUT2D eigenvalue weighted by Crippen LogP contribution is 2.37. The van der Waals surface area contributed by atoms with E-state index < -0.39 is 7.82 Å². The van der Waals surface area contributed by atoms with E-state index in [1.165, 1.54) is 0 Å². The van der Waals surface area contributed by atoms with E-state index in [-0.39, 0.29) is 18.8 Å². The van der Waals surface area contributed by atoms with E-state index in [1.807, 2.05) is 0 Å². The molecule has 0 saturated carbocycles. The summed E-state index contributed by atoms with van der Waals surface area (Å²) in [4.78, 5) is 17.0. The lowest BCUT2D eigenvalue weighted by Crippen LogP contribution is -2.16. The van der Waals surface area contributed by atoms with E-state index in [0.29, 0.717) is 0 Å². The van der Waals surface area contributed by atoms with Crippen molar-refractivity contribution in [3.05, 3.63) is 0 Å². The molecule has 0 aromatic rings. The molecule has 0 bridgehead atoms. The van der Waals surface area contributed by atoms with Gasteiger partial charge in [0.2, 0.25) is 0 Å². The minimum Gasteiger partial charge on any atom is -0.373 e. The van der Waals surface area contributed by atoms with Gasteiger partial charge in [0.25, 0.3) is 0 Å². The maximum atomic E-state index is 10.5. The van der Waals surface area contributed by atoms with E-state index in [0.717, 1.165) is 32.1 Å². The Bertz CT molecular complexity index is 227. The standard InChI is InChI=1S/C9H19O5P/c1-2-3-4-8-5-6-9(14-8)7-13-15(10,11)12/h8-9H,2-7H2,1H3,(H2,10,11,12)/t8-,9?/m0/s1. The summed E-state index contributed by atoms with van der Waals surface area (Å²) in [5.74, 6) is 0.